The topological polar surface area (TPSA) is 87.7 Å². The summed E-state index contributed by atoms with van der Waals surface area (Å²) in [5.74, 6) is -0.585. The van der Waals surface area contributed by atoms with Gasteiger partial charge in [-0.2, -0.15) is 12.6 Å². The van der Waals surface area contributed by atoms with Crippen molar-refractivity contribution >= 4 is 30.5 Å². The van der Waals surface area contributed by atoms with Gasteiger partial charge in [0.05, 0.1) is 0 Å². The Kier molecular flexibility index (Phi) is 11.4. The Bertz CT molecular complexity index is 830. The lowest BCUT2D eigenvalue weighted by molar-refractivity contribution is -0.148. The van der Waals surface area contributed by atoms with Crippen LogP contribution in [0.15, 0.2) is 24.3 Å². The van der Waals surface area contributed by atoms with E-state index in [9.17, 15) is 14.4 Å². The molecule has 0 radical (unpaired) electrons. The number of benzene rings is 1. The number of aryl methyl sites for hydroxylation is 1. The number of hydrogen-bond donors (Lipinski definition) is 3. The molecule has 7 nitrogen and oxygen atoms in total. The Labute approximate surface area is 210 Å². The maximum Gasteiger partial charge on any atom is 0.408 e. The summed E-state index contributed by atoms with van der Waals surface area (Å²) in [4.78, 5) is 41.4. The van der Waals surface area contributed by atoms with E-state index in [0.29, 0.717) is 6.54 Å². The number of unbranched alkanes of at least 4 members (excludes halogenated alkanes) is 2. The smallest absolute Gasteiger partial charge is 0.408 e. The van der Waals surface area contributed by atoms with E-state index in [4.69, 9.17) is 4.74 Å². The van der Waals surface area contributed by atoms with Crippen LogP contribution in [-0.2, 0) is 14.3 Å². The third-order valence-electron chi connectivity index (χ3n) is 5.20. The van der Waals surface area contributed by atoms with Gasteiger partial charge in [0.2, 0.25) is 11.8 Å². The van der Waals surface area contributed by atoms with Crippen LogP contribution in [0.3, 0.4) is 0 Å². The van der Waals surface area contributed by atoms with Gasteiger partial charge in [-0.05, 0) is 66.0 Å². The fourth-order valence-corrected chi connectivity index (χ4v) is 3.87. The van der Waals surface area contributed by atoms with Crippen LogP contribution < -0.4 is 10.6 Å². The quantitative estimate of drug-likeness (QED) is 0.323. The number of carbonyl (C=O) groups is 3. The van der Waals surface area contributed by atoms with E-state index in [-0.39, 0.29) is 11.7 Å². The minimum Gasteiger partial charge on any atom is -0.444 e. The van der Waals surface area contributed by atoms with Crippen molar-refractivity contribution in [3.8, 4) is 0 Å². The first-order valence-electron chi connectivity index (χ1n) is 12.0. The number of nitrogens with zero attached hydrogens (tertiary/aromatic N) is 1. The van der Waals surface area contributed by atoms with E-state index < -0.39 is 35.2 Å². The highest BCUT2D eigenvalue weighted by atomic mass is 32.1. The lowest BCUT2D eigenvalue weighted by Crippen LogP contribution is -2.59. The summed E-state index contributed by atoms with van der Waals surface area (Å²) in [5, 5.41) is 5.65. The molecule has 0 heterocycles. The van der Waals surface area contributed by atoms with E-state index in [1.807, 2.05) is 52.0 Å². The Balaban J connectivity index is 3.39. The number of rotatable bonds is 10. The maximum atomic E-state index is 13.9. The highest BCUT2D eigenvalue weighted by Crippen LogP contribution is 2.31. The predicted octanol–water partition coefficient (Wildman–Crippen LogP) is 4.79. The minimum absolute atomic E-state index is 0.0588. The first-order chi connectivity index (χ1) is 15.7. The van der Waals surface area contributed by atoms with E-state index >= 15 is 0 Å². The van der Waals surface area contributed by atoms with E-state index in [0.717, 1.165) is 30.4 Å². The number of thiol groups is 1. The molecule has 0 bridgehead atoms. The second-order valence-electron chi connectivity index (χ2n) is 10.5. The fourth-order valence-electron chi connectivity index (χ4n) is 3.62. The molecule has 0 saturated heterocycles. The second-order valence-corrected chi connectivity index (χ2v) is 10.9. The molecule has 2 unspecified atom stereocenters. The van der Waals surface area contributed by atoms with Crippen molar-refractivity contribution in [3.05, 3.63) is 35.4 Å². The molecule has 0 fully saturated rings. The molecule has 34 heavy (non-hydrogen) atoms. The van der Waals surface area contributed by atoms with Gasteiger partial charge < -0.3 is 20.3 Å². The van der Waals surface area contributed by atoms with Crippen LogP contribution in [0.1, 0.15) is 84.9 Å². The molecule has 1 rings (SSSR count). The number of hydrogen-bond acceptors (Lipinski definition) is 5. The first-order valence-corrected chi connectivity index (χ1v) is 12.6. The first kappa shape index (κ1) is 29.8. The van der Waals surface area contributed by atoms with Crippen LogP contribution in [0, 0.1) is 6.92 Å². The van der Waals surface area contributed by atoms with Gasteiger partial charge in [-0.1, -0.05) is 44.0 Å². The van der Waals surface area contributed by atoms with Crippen molar-refractivity contribution in [3.63, 3.8) is 0 Å². The average molecular weight is 494 g/mol. The summed E-state index contributed by atoms with van der Waals surface area (Å²) in [6.07, 6.45) is 2.22. The number of carbonyl (C=O) groups excluding carboxylic acids is 3. The monoisotopic (exact) mass is 493 g/mol. The van der Waals surface area contributed by atoms with Crippen molar-refractivity contribution in [1.82, 2.24) is 15.5 Å². The molecule has 2 N–H and O–H groups in total. The molecule has 0 aromatic heterocycles. The van der Waals surface area contributed by atoms with Crippen LogP contribution in [0.5, 0.6) is 0 Å². The summed E-state index contributed by atoms with van der Waals surface area (Å²) < 4.78 is 5.34. The van der Waals surface area contributed by atoms with Crippen LogP contribution in [0.2, 0.25) is 0 Å². The van der Waals surface area contributed by atoms with Crippen molar-refractivity contribution in [2.75, 3.05) is 12.3 Å². The Morgan fingerprint density at radius 2 is 1.68 bits per heavy atom. The van der Waals surface area contributed by atoms with Crippen LogP contribution in [0.25, 0.3) is 0 Å². The van der Waals surface area contributed by atoms with Crippen LogP contribution in [-0.4, -0.2) is 52.3 Å². The van der Waals surface area contributed by atoms with Crippen molar-refractivity contribution in [2.45, 2.75) is 97.9 Å². The van der Waals surface area contributed by atoms with Crippen LogP contribution in [0.4, 0.5) is 4.79 Å². The SMILES string of the molecule is CCCCCNC(=O)C(c1ccccc1C)N(C(=O)C(CS)NC(=O)OC(C)(C)C)C(C)(C)C. The van der Waals surface area contributed by atoms with Gasteiger partial charge in [0.1, 0.15) is 17.7 Å². The minimum atomic E-state index is -0.961. The number of ether oxygens (including phenoxy) is 1. The molecular formula is C26H43N3O4S. The van der Waals surface area contributed by atoms with E-state index in [2.05, 4.69) is 30.2 Å². The third kappa shape index (κ3) is 9.20. The molecule has 0 aliphatic carbocycles. The summed E-state index contributed by atoms with van der Waals surface area (Å²) in [7, 11) is 0. The maximum absolute atomic E-state index is 13.9. The lowest BCUT2D eigenvalue weighted by atomic mass is 9.93. The molecule has 8 heteroatoms. The molecule has 3 amide bonds. The fraction of sp³-hybridized carbons (Fsp3) is 0.654. The normalized spacial score (nSPS) is 13.6. The van der Waals surface area contributed by atoms with Gasteiger partial charge in [-0.15, -0.1) is 0 Å². The third-order valence-corrected chi connectivity index (χ3v) is 5.57. The predicted molar refractivity (Wildman–Crippen MR) is 140 cm³/mol. The number of alkyl carbamates (subject to hydrolysis) is 1. The zero-order valence-corrected chi connectivity index (χ0v) is 22.9. The standard InChI is InChI=1S/C26H43N3O4S/c1-9-10-13-16-27-22(30)21(19-15-12-11-14-18(19)2)29(25(3,4)5)23(31)20(17-34)28-24(32)33-26(6,7)8/h11-12,14-15,20-21,34H,9-10,13,16-17H2,1-8H3,(H,27,30)(H,28,32). The van der Waals surface area contributed by atoms with E-state index in [1.54, 1.807) is 25.7 Å². The Morgan fingerprint density at radius 1 is 1.06 bits per heavy atom. The molecule has 0 saturated carbocycles. The number of nitrogens with one attached hydrogen (secondary N) is 2. The molecule has 1 aromatic carbocycles. The highest BCUT2D eigenvalue weighted by molar-refractivity contribution is 7.80. The van der Waals surface area contributed by atoms with Crippen molar-refractivity contribution in [2.24, 2.45) is 0 Å². The van der Waals surface area contributed by atoms with Gasteiger partial charge in [0, 0.05) is 17.8 Å². The molecule has 0 aliphatic heterocycles. The van der Waals surface area contributed by atoms with Gasteiger partial charge in [0.15, 0.2) is 0 Å². The van der Waals surface area contributed by atoms with Gasteiger partial charge in [0.25, 0.3) is 0 Å². The molecule has 2 atom stereocenters. The summed E-state index contributed by atoms with van der Waals surface area (Å²) >= 11 is 4.32. The molecule has 0 aliphatic rings. The number of amides is 3. The van der Waals surface area contributed by atoms with Gasteiger partial charge in [-0.25, -0.2) is 4.79 Å². The molecule has 0 spiro atoms. The lowest BCUT2D eigenvalue weighted by Gasteiger charge is -2.43. The molecule has 192 valence electrons. The zero-order chi connectivity index (χ0) is 26.1. The highest BCUT2D eigenvalue weighted by Gasteiger charge is 2.41. The zero-order valence-electron chi connectivity index (χ0n) is 22.0. The van der Waals surface area contributed by atoms with Gasteiger partial charge >= 0.3 is 6.09 Å². The van der Waals surface area contributed by atoms with Crippen molar-refractivity contribution < 1.29 is 19.1 Å². The summed E-state index contributed by atoms with van der Waals surface area (Å²) in [6.45, 7) is 15.5. The largest absolute Gasteiger partial charge is 0.444 e. The van der Waals surface area contributed by atoms with E-state index in [1.165, 1.54) is 0 Å². The molecule has 1 aromatic rings. The Morgan fingerprint density at radius 3 is 2.18 bits per heavy atom. The molecular weight excluding hydrogens is 450 g/mol. The average Bonchev–Trinajstić information content (AvgIpc) is 2.71. The van der Waals surface area contributed by atoms with Crippen LogP contribution >= 0.6 is 12.6 Å². The summed E-state index contributed by atoms with van der Waals surface area (Å²) in [6, 6.07) is 5.73. The van der Waals surface area contributed by atoms with Crippen molar-refractivity contribution in [1.29, 1.82) is 0 Å². The second kappa shape index (κ2) is 13.0. The van der Waals surface area contributed by atoms with Gasteiger partial charge in [-0.3, -0.25) is 9.59 Å². The summed E-state index contributed by atoms with van der Waals surface area (Å²) in [5.41, 5.74) is 0.219. The Hall–Kier alpha value is -2.22.